The Morgan fingerprint density at radius 1 is 1.32 bits per heavy atom. The molecule has 6 heteroatoms. The van der Waals surface area contributed by atoms with Gasteiger partial charge >= 0.3 is 0 Å². The van der Waals surface area contributed by atoms with Crippen LogP contribution in [-0.2, 0) is 5.60 Å². The predicted molar refractivity (Wildman–Crippen MR) is 93.7 cm³/mol. The monoisotopic (exact) mass is 339 g/mol. The number of amides is 1. The van der Waals surface area contributed by atoms with Gasteiger partial charge in [0.1, 0.15) is 17.1 Å². The lowest BCUT2D eigenvalue weighted by Gasteiger charge is -2.23. The number of aliphatic hydroxyl groups is 1. The van der Waals surface area contributed by atoms with E-state index in [4.69, 9.17) is 4.42 Å². The molecule has 0 aliphatic rings. The summed E-state index contributed by atoms with van der Waals surface area (Å²) in [4.78, 5) is 12.6. The van der Waals surface area contributed by atoms with Crippen LogP contribution in [0.1, 0.15) is 34.4 Å². The van der Waals surface area contributed by atoms with Crippen molar-refractivity contribution in [2.45, 2.75) is 26.4 Å². The summed E-state index contributed by atoms with van der Waals surface area (Å²) in [5.74, 6) is 1.10. The molecule has 3 aromatic rings. The van der Waals surface area contributed by atoms with Crippen LogP contribution in [0.4, 0.5) is 0 Å². The first kappa shape index (κ1) is 17.0. The van der Waals surface area contributed by atoms with Crippen LogP contribution in [0.5, 0.6) is 0 Å². The lowest BCUT2D eigenvalue weighted by atomic mass is 9.96. The van der Waals surface area contributed by atoms with Crippen LogP contribution in [0.15, 0.2) is 53.2 Å². The van der Waals surface area contributed by atoms with Crippen molar-refractivity contribution in [1.29, 1.82) is 0 Å². The van der Waals surface area contributed by atoms with E-state index in [1.807, 2.05) is 19.1 Å². The summed E-state index contributed by atoms with van der Waals surface area (Å²) >= 11 is 0. The Kier molecular flexibility index (Phi) is 4.46. The van der Waals surface area contributed by atoms with Gasteiger partial charge in [0.15, 0.2) is 0 Å². The fourth-order valence-electron chi connectivity index (χ4n) is 2.89. The zero-order valence-corrected chi connectivity index (χ0v) is 14.5. The highest BCUT2D eigenvalue weighted by Crippen LogP contribution is 2.26. The van der Waals surface area contributed by atoms with E-state index in [1.165, 1.54) is 0 Å². The molecule has 0 aliphatic heterocycles. The predicted octanol–water partition coefficient (Wildman–Crippen LogP) is 2.72. The number of nitrogens with one attached hydrogen (secondary N) is 1. The molecule has 0 aliphatic carbocycles. The Balaban J connectivity index is 1.79. The number of aryl methyl sites for hydroxylation is 2. The quantitative estimate of drug-likeness (QED) is 0.749. The summed E-state index contributed by atoms with van der Waals surface area (Å²) in [7, 11) is 0. The largest absolute Gasteiger partial charge is 0.466 e. The zero-order chi connectivity index (χ0) is 18.0. The van der Waals surface area contributed by atoms with Crippen molar-refractivity contribution in [3.8, 4) is 5.69 Å². The fraction of sp³-hybridized carbons (Fsp3) is 0.263. The van der Waals surface area contributed by atoms with Crippen LogP contribution in [0.2, 0.25) is 0 Å². The van der Waals surface area contributed by atoms with Crippen LogP contribution in [-0.4, -0.2) is 27.3 Å². The van der Waals surface area contributed by atoms with Gasteiger partial charge in [-0.1, -0.05) is 12.1 Å². The number of furan rings is 1. The summed E-state index contributed by atoms with van der Waals surface area (Å²) in [5.41, 5.74) is 0.616. The van der Waals surface area contributed by atoms with Gasteiger partial charge in [0.05, 0.1) is 17.8 Å². The number of nitrogens with zero attached hydrogens (tertiary/aromatic N) is 2. The first-order chi connectivity index (χ1) is 11.9. The number of para-hydroxylation sites is 1. The Hall–Kier alpha value is -2.86. The summed E-state index contributed by atoms with van der Waals surface area (Å²) < 4.78 is 7.11. The third-order valence-electron chi connectivity index (χ3n) is 4.11. The minimum absolute atomic E-state index is 0.0685. The Labute approximate surface area is 146 Å². The van der Waals surface area contributed by atoms with Crippen LogP contribution in [0, 0.1) is 13.8 Å². The van der Waals surface area contributed by atoms with E-state index >= 15 is 0 Å². The van der Waals surface area contributed by atoms with E-state index in [0.717, 1.165) is 5.76 Å². The smallest absolute Gasteiger partial charge is 0.253 e. The number of hydrogen-bond acceptors (Lipinski definition) is 4. The number of carbonyl (C=O) groups excluding carboxylic acids is 1. The minimum Gasteiger partial charge on any atom is -0.466 e. The van der Waals surface area contributed by atoms with Gasteiger partial charge in [0, 0.05) is 18.0 Å². The molecule has 1 aromatic carbocycles. The number of rotatable bonds is 5. The Bertz CT molecular complexity index is 879. The molecular formula is C19H21N3O3. The van der Waals surface area contributed by atoms with E-state index in [0.29, 0.717) is 22.6 Å². The maximum atomic E-state index is 12.6. The van der Waals surface area contributed by atoms with Gasteiger partial charge < -0.3 is 14.8 Å². The highest BCUT2D eigenvalue weighted by Gasteiger charge is 2.28. The molecule has 1 unspecified atom stereocenters. The Morgan fingerprint density at radius 3 is 2.72 bits per heavy atom. The van der Waals surface area contributed by atoms with Crippen molar-refractivity contribution in [1.82, 2.24) is 15.1 Å². The van der Waals surface area contributed by atoms with Crippen molar-refractivity contribution in [2.24, 2.45) is 0 Å². The standard InChI is InChI=1S/C19H21N3O3/c1-13-11-16(14(2)25-13)19(3,24)12-20-18(23)15-7-4-5-8-17(15)22-10-6-9-21-22/h4-11,24H,12H2,1-3H3,(H,20,23). The molecule has 0 spiro atoms. The molecule has 2 heterocycles. The molecule has 1 atom stereocenters. The van der Waals surface area contributed by atoms with Gasteiger partial charge in [-0.15, -0.1) is 0 Å². The first-order valence-electron chi connectivity index (χ1n) is 8.05. The first-order valence-corrected chi connectivity index (χ1v) is 8.05. The molecule has 2 aromatic heterocycles. The summed E-state index contributed by atoms with van der Waals surface area (Å²) in [6.45, 7) is 5.35. The van der Waals surface area contributed by atoms with Gasteiger partial charge in [-0.05, 0) is 45.0 Å². The maximum absolute atomic E-state index is 12.6. The summed E-state index contributed by atoms with van der Waals surface area (Å²) in [6, 6.07) is 10.8. The van der Waals surface area contributed by atoms with Gasteiger partial charge in [0.2, 0.25) is 0 Å². The minimum atomic E-state index is -1.22. The molecule has 0 saturated heterocycles. The molecule has 0 bridgehead atoms. The molecule has 3 rings (SSSR count). The number of benzene rings is 1. The van der Waals surface area contributed by atoms with E-state index in [9.17, 15) is 9.90 Å². The average Bonchev–Trinajstić information content (AvgIpc) is 3.22. The lowest BCUT2D eigenvalue weighted by Crippen LogP contribution is -2.39. The third kappa shape index (κ3) is 3.49. The molecule has 1 amide bonds. The number of hydrogen-bond donors (Lipinski definition) is 2. The van der Waals surface area contributed by atoms with E-state index in [2.05, 4.69) is 10.4 Å². The van der Waals surface area contributed by atoms with Crippen molar-refractivity contribution >= 4 is 5.91 Å². The molecular weight excluding hydrogens is 318 g/mol. The molecule has 25 heavy (non-hydrogen) atoms. The fourth-order valence-corrected chi connectivity index (χ4v) is 2.89. The lowest BCUT2D eigenvalue weighted by molar-refractivity contribution is 0.0514. The molecule has 130 valence electrons. The highest BCUT2D eigenvalue weighted by atomic mass is 16.3. The number of aromatic nitrogens is 2. The van der Waals surface area contributed by atoms with E-state index in [-0.39, 0.29) is 12.5 Å². The van der Waals surface area contributed by atoms with Crippen LogP contribution >= 0.6 is 0 Å². The summed E-state index contributed by atoms with van der Waals surface area (Å²) in [5, 5.41) is 17.7. The van der Waals surface area contributed by atoms with E-state index in [1.54, 1.807) is 55.2 Å². The molecule has 0 saturated carbocycles. The van der Waals surface area contributed by atoms with Crippen LogP contribution < -0.4 is 5.32 Å². The second kappa shape index (κ2) is 6.57. The van der Waals surface area contributed by atoms with Crippen LogP contribution in [0.3, 0.4) is 0 Å². The van der Waals surface area contributed by atoms with E-state index < -0.39 is 5.60 Å². The molecule has 2 N–H and O–H groups in total. The van der Waals surface area contributed by atoms with Gasteiger partial charge in [-0.25, -0.2) is 4.68 Å². The van der Waals surface area contributed by atoms with Gasteiger partial charge in [0.25, 0.3) is 5.91 Å². The normalized spacial score (nSPS) is 13.4. The van der Waals surface area contributed by atoms with Gasteiger partial charge in [-0.3, -0.25) is 4.79 Å². The second-order valence-electron chi connectivity index (χ2n) is 6.25. The van der Waals surface area contributed by atoms with Crippen LogP contribution in [0.25, 0.3) is 5.69 Å². The maximum Gasteiger partial charge on any atom is 0.253 e. The second-order valence-corrected chi connectivity index (χ2v) is 6.25. The van der Waals surface area contributed by atoms with Crippen molar-refractivity contribution < 1.29 is 14.3 Å². The zero-order valence-electron chi connectivity index (χ0n) is 14.5. The highest BCUT2D eigenvalue weighted by molar-refractivity contribution is 5.97. The Morgan fingerprint density at radius 2 is 2.08 bits per heavy atom. The molecule has 0 radical (unpaired) electrons. The number of carbonyl (C=O) groups is 1. The van der Waals surface area contributed by atoms with Crippen molar-refractivity contribution in [3.63, 3.8) is 0 Å². The van der Waals surface area contributed by atoms with Gasteiger partial charge in [-0.2, -0.15) is 5.10 Å². The third-order valence-corrected chi connectivity index (χ3v) is 4.11. The molecule has 6 nitrogen and oxygen atoms in total. The summed E-state index contributed by atoms with van der Waals surface area (Å²) in [6.07, 6.45) is 3.43. The average molecular weight is 339 g/mol. The van der Waals surface area contributed by atoms with Crippen molar-refractivity contribution in [2.75, 3.05) is 6.54 Å². The van der Waals surface area contributed by atoms with Crippen molar-refractivity contribution in [3.05, 3.63) is 71.4 Å². The molecule has 0 fully saturated rings. The SMILES string of the molecule is Cc1cc(C(C)(O)CNC(=O)c2ccccc2-n2cccn2)c(C)o1. The topological polar surface area (TPSA) is 80.3 Å².